The Morgan fingerprint density at radius 2 is 2.00 bits per heavy atom. The van der Waals surface area contributed by atoms with Crippen molar-refractivity contribution in [2.75, 3.05) is 13.7 Å². The monoisotopic (exact) mass is 375 g/mol. The van der Waals surface area contributed by atoms with Crippen molar-refractivity contribution in [3.05, 3.63) is 57.9 Å². The van der Waals surface area contributed by atoms with Crippen molar-refractivity contribution in [2.45, 2.75) is 20.4 Å². The van der Waals surface area contributed by atoms with Gasteiger partial charge >= 0.3 is 5.97 Å². The molecule has 0 atom stereocenters. The Hall–Kier alpha value is -2.60. The minimum atomic E-state index is -0.493. The molecule has 0 saturated heterocycles. The summed E-state index contributed by atoms with van der Waals surface area (Å²) in [5, 5.41) is 4.86. The standard InChI is InChI=1S/C19H22ClN3O3/c1-13-16(14(2)22(3)21-13)9-10-18(24)23(12-19(25)26-4)11-15-7-5-6-8-17(15)20/h5-10H,11-12H2,1-4H3. The van der Waals surface area contributed by atoms with E-state index in [0.29, 0.717) is 5.02 Å². The number of carbonyl (C=O) groups is 2. The Morgan fingerprint density at radius 1 is 1.31 bits per heavy atom. The molecule has 0 spiro atoms. The van der Waals surface area contributed by atoms with Gasteiger partial charge in [-0.1, -0.05) is 29.8 Å². The molecule has 1 heterocycles. The van der Waals surface area contributed by atoms with Crippen LogP contribution in [0.25, 0.3) is 6.08 Å². The molecule has 1 amide bonds. The molecule has 1 aromatic carbocycles. The van der Waals surface area contributed by atoms with E-state index in [2.05, 4.69) is 5.10 Å². The van der Waals surface area contributed by atoms with E-state index < -0.39 is 5.97 Å². The van der Waals surface area contributed by atoms with Crippen molar-refractivity contribution in [3.8, 4) is 0 Å². The number of aromatic nitrogens is 2. The summed E-state index contributed by atoms with van der Waals surface area (Å²) in [5.74, 6) is -0.800. The van der Waals surface area contributed by atoms with Crippen molar-refractivity contribution in [2.24, 2.45) is 7.05 Å². The van der Waals surface area contributed by atoms with Crippen LogP contribution in [0.4, 0.5) is 0 Å². The number of halogens is 1. The molecule has 0 radical (unpaired) electrons. The fraction of sp³-hybridized carbons (Fsp3) is 0.316. The van der Waals surface area contributed by atoms with Crippen LogP contribution in [0.2, 0.25) is 5.02 Å². The van der Waals surface area contributed by atoms with Crippen molar-refractivity contribution in [3.63, 3.8) is 0 Å². The second-order valence-electron chi connectivity index (χ2n) is 5.90. The highest BCUT2D eigenvalue weighted by Gasteiger charge is 2.17. The number of hydrogen-bond donors (Lipinski definition) is 0. The number of carbonyl (C=O) groups excluding carboxylic acids is 2. The fourth-order valence-corrected chi connectivity index (χ4v) is 2.75. The van der Waals surface area contributed by atoms with Gasteiger partial charge in [0, 0.05) is 35.9 Å². The predicted octanol–water partition coefficient (Wildman–Crippen LogP) is 2.91. The van der Waals surface area contributed by atoms with Gasteiger partial charge in [0.15, 0.2) is 0 Å². The molecule has 0 fully saturated rings. The van der Waals surface area contributed by atoms with Gasteiger partial charge in [0.25, 0.3) is 0 Å². The van der Waals surface area contributed by atoms with E-state index in [1.54, 1.807) is 16.8 Å². The van der Waals surface area contributed by atoms with Crippen molar-refractivity contribution in [1.82, 2.24) is 14.7 Å². The SMILES string of the molecule is COC(=O)CN(Cc1ccccc1Cl)C(=O)C=Cc1c(C)nn(C)c1C. The largest absolute Gasteiger partial charge is 0.468 e. The van der Waals surface area contributed by atoms with Crippen LogP contribution in [0, 0.1) is 13.8 Å². The molecule has 0 aliphatic rings. The number of ether oxygens (including phenoxy) is 1. The molecule has 0 aliphatic carbocycles. The zero-order valence-corrected chi connectivity index (χ0v) is 16.1. The van der Waals surface area contributed by atoms with Crippen LogP contribution in [0.3, 0.4) is 0 Å². The van der Waals surface area contributed by atoms with Crippen LogP contribution < -0.4 is 0 Å². The van der Waals surface area contributed by atoms with E-state index in [0.717, 1.165) is 22.5 Å². The van der Waals surface area contributed by atoms with Gasteiger partial charge in [-0.3, -0.25) is 14.3 Å². The molecule has 138 valence electrons. The molecular weight excluding hydrogens is 354 g/mol. The third-order valence-corrected chi connectivity index (χ3v) is 4.50. The van der Waals surface area contributed by atoms with E-state index >= 15 is 0 Å². The molecule has 2 aromatic rings. The Balaban J connectivity index is 2.23. The Kier molecular flexibility index (Phi) is 6.58. The van der Waals surface area contributed by atoms with Gasteiger partial charge in [-0.2, -0.15) is 5.10 Å². The highest BCUT2D eigenvalue weighted by Crippen LogP contribution is 2.18. The molecule has 26 heavy (non-hydrogen) atoms. The third-order valence-electron chi connectivity index (χ3n) is 4.14. The first-order chi connectivity index (χ1) is 12.3. The molecule has 0 unspecified atom stereocenters. The maximum atomic E-state index is 12.7. The molecular formula is C19H22ClN3O3. The summed E-state index contributed by atoms with van der Waals surface area (Å²) in [7, 11) is 3.14. The van der Waals surface area contributed by atoms with E-state index in [1.807, 2.05) is 39.1 Å². The topological polar surface area (TPSA) is 64.4 Å². The number of methoxy groups -OCH3 is 1. The molecule has 0 N–H and O–H groups in total. The fourth-order valence-electron chi connectivity index (χ4n) is 2.56. The summed E-state index contributed by atoms with van der Waals surface area (Å²) < 4.78 is 6.46. The number of rotatable bonds is 6. The lowest BCUT2D eigenvalue weighted by molar-refractivity contribution is -0.145. The van der Waals surface area contributed by atoms with Crippen molar-refractivity contribution >= 4 is 29.6 Å². The Morgan fingerprint density at radius 3 is 2.58 bits per heavy atom. The summed E-state index contributed by atoms with van der Waals surface area (Å²) in [5.41, 5.74) is 3.43. The van der Waals surface area contributed by atoms with E-state index in [4.69, 9.17) is 16.3 Å². The van der Waals surface area contributed by atoms with Crippen molar-refractivity contribution < 1.29 is 14.3 Å². The Labute approximate surface area is 158 Å². The van der Waals surface area contributed by atoms with Gasteiger partial charge in [0.05, 0.1) is 12.8 Å². The van der Waals surface area contributed by atoms with Crippen LogP contribution in [0.1, 0.15) is 22.5 Å². The lowest BCUT2D eigenvalue weighted by atomic mass is 10.1. The van der Waals surface area contributed by atoms with Crippen LogP contribution in [-0.2, 0) is 27.9 Å². The third kappa shape index (κ3) is 4.73. The van der Waals surface area contributed by atoms with Gasteiger partial charge in [-0.05, 0) is 31.6 Å². The number of aryl methyl sites for hydroxylation is 2. The first-order valence-corrected chi connectivity index (χ1v) is 8.48. The Bertz CT molecular complexity index is 843. The average Bonchev–Trinajstić information content (AvgIpc) is 2.86. The molecule has 2 rings (SSSR count). The molecule has 0 aliphatic heterocycles. The maximum Gasteiger partial charge on any atom is 0.325 e. The second kappa shape index (κ2) is 8.67. The first-order valence-electron chi connectivity index (χ1n) is 8.11. The second-order valence-corrected chi connectivity index (χ2v) is 6.31. The lowest BCUT2D eigenvalue weighted by Gasteiger charge is -2.20. The first kappa shape index (κ1) is 19.7. The van der Waals surface area contributed by atoms with Gasteiger partial charge in [0.2, 0.25) is 5.91 Å². The van der Waals surface area contributed by atoms with Gasteiger partial charge in [-0.25, -0.2) is 0 Å². The highest BCUT2D eigenvalue weighted by molar-refractivity contribution is 6.31. The van der Waals surface area contributed by atoms with Crippen LogP contribution in [0.5, 0.6) is 0 Å². The number of amides is 1. The molecule has 0 saturated carbocycles. The number of hydrogen-bond acceptors (Lipinski definition) is 4. The average molecular weight is 376 g/mol. The van der Waals surface area contributed by atoms with Gasteiger partial charge in [-0.15, -0.1) is 0 Å². The minimum absolute atomic E-state index is 0.157. The number of esters is 1. The lowest BCUT2D eigenvalue weighted by Crippen LogP contribution is -2.34. The van der Waals surface area contributed by atoms with Crippen LogP contribution >= 0.6 is 11.6 Å². The number of benzene rings is 1. The molecule has 6 nitrogen and oxygen atoms in total. The highest BCUT2D eigenvalue weighted by atomic mass is 35.5. The zero-order chi connectivity index (χ0) is 19.3. The van der Waals surface area contributed by atoms with E-state index in [9.17, 15) is 9.59 Å². The van der Waals surface area contributed by atoms with Crippen molar-refractivity contribution in [1.29, 1.82) is 0 Å². The molecule has 1 aromatic heterocycles. The maximum absolute atomic E-state index is 12.7. The summed E-state index contributed by atoms with van der Waals surface area (Å²) in [6.45, 7) is 3.87. The van der Waals surface area contributed by atoms with E-state index in [1.165, 1.54) is 18.1 Å². The smallest absolute Gasteiger partial charge is 0.325 e. The predicted molar refractivity (Wildman–Crippen MR) is 101 cm³/mol. The summed E-state index contributed by atoms with van der Waals surface area (Å²) >= 11 is 6.18. The van der Waals surface area contributed by atoms with Gasteiger partial charge in [0.1, 0.15) is 6.54 Å². The molecule has 7 heteroatoms. The van der Waals surface area contributed by atoms with Gasteiger partial charge < -0.3 is 9.64 Å². The summed E-state index contributed by atoms with van der Waals surface area (Å²) in [6, 6.07) is 7.21. The minimum Gasteiger partial charge on any atom is -0.468 e. The summed E-state index contributed by atoms with van der Waals surface area (Å²) in [4.78, 5) is 25.8. The van der Waals surface area contributed by atoms with Crippen LogP contribution in [0.15, 0.2) is 30.3 Å². The van der Waals surface area contributed by atoms with E-state index in [-0.39, 0.29) is 19.0 Å². The normalized spacial score (nSPS) is 11.0. The number of nitrogens with zero attached hydrogens (tertiary/aromatic N) is 3. The quantitative estimate of drug-likeness (QED) is 0.575. The molecule has 0 bridgehead atoms. The summed E-state index contributed by atoms with van der Waals surface area (Å²) in [6.07, 6.45) is 3.16. The van der Waals surface area contributed by atoms with Crippen LogP contribution in [-0.4, -0.2) is 40.2 Å². The zero-order valence-electron chi connectivity index (χ0n) is 15.3.